The van der Waals surface area contributed by atoms with Gasteiger partial charge < -0.3 is 14.8 Å². The van der Waals surface area contributed by atoms with Crippen molar-refractivity contribution in [3.8, 4) is 0 Å². The second-order valence-electron chi connectivity index (χ2n) is 5.63. The van der Waals surface area contributed by atoms with E-state index < -0.39 is 29.9 Å². The van der Waals surface area contributed by atoms with Crippen LogP contribution in [-0.4, -0.2) is 27.4 Å². The lowest BCUT2D eigenvalue weighted by molar-refractivity contribution is -0.273. The summed E-state index contributed by atoms with van der Waals surface area (Å²) in [4.78, 5) is 12.0. The molecular weight excluding hydrogens is 327 g/mol. The molecule has 1 unspecified atom stereocenters. The first-order valence-electron chi connectivity index (χ1n) is 7.18. The number of halogens is 3. The van der Waals surface area contributed by atoms with Crippen LogP contribution in [0.2, 0.25) is 0 Å². The van der Waals surface area contributed by atoms with Gasteiger partial charge in [0.25, 0.3) is 0 Å². The van der Waals surface area contributed by atoms with Crippen LogP contribution in [0.5, 0.6) is 0 Å². The van der Waals surface area contributed by atoms with Gasteiger partial charge in [-0.15, -0.1) is 0 Å². The van der Waals surface area contributed by atoms with E-state index in [1.54, 1.807) is 13.8 Å². The summed E-state index contributed by atoms with van der Waals surface area (Å²) in [6, 6.07) is 2.31. The Morgan fingerprint density at radius 3 is 2.46 bits per heavy atom. The molecule has 0 saturated heterocycles. The molecule has 0 aliphatic carbocycles. The second kappa shape index (κ2) is 6.31. The van der Waals surface area contributed by atoms with Gasteiger partial charge in [-0.1, -0.05) is 0 Å². The fraction of sp³-hybridized carbons (Fsp3) is 0.467. The molecule has 132 valence electrons. The third-order valence-corrected chi connectivity index (χ3v) is 3.78. The molecule has 2 aromatic rings. The SMILES string of the molecule is Cc1ccc(C(O)(CC(=O)NCc2c(C)n[nH]c2C)C(F)(F)F)o1. The van der Waals surface area contributed by atoms with Gasteiger partial charge in [-0.3, -0.25) is 9.89 Å². The maximum Gasteiger partial charge on any atom is 0.425 e. The Morgan fingerprint density at radius 2 is 2.00 bits per heavy atom. The molecule has 0 aromatic carbocycles. The van der Waals surface area contributed by atoms with Crippen LogP contribution < -0.4 is 5.32 Å². The normalized spacial score (nSPS) is 14.5. The number of alkyl halides is 3. The number of aromatic nitrogens is 2. The summed E-state index contributed by atoms with van der Waals surface area (Å²) in [5, 5.41) is 19.1. The molecule has 1 atom stereocenters. The zero-order chi connectivity index (χ0) is 18.1. The summed E-state index contributed by atoms with van der Waals surface area (Å²) >= 11 is 0. The van der Waals surface area contributed by atoms with Crippen LogP contribution in [0, 0.1) is 20.8 Å². The van der Waals surface area contributed by atoms with Crippen LogP contribution in [-0.2, 0) is 16.9 Å². The number of hydrogen-bond acceptors (Lipinski definition) is 4. The van der Waals surface area contributed by atoms with Crippen molar-refractivity contribution in [1.82, 2.24) is 15.5 Å². The highest BCUT2D eigenvalue weighted by molar-refractivity contribution is 5.77. The predicted molar refractivity (Wildman–Crippen MR) is 77.9 cm³/mol. The first-order valence-corrected chi connectivity index (χ1v) is 7.18. The van der Waals surface area contributed by atoms with Gasteiger partial charge in [0.05, 0.1) is 12.1 Å². The minimum Gasteiger partial charge on any atom is -0.463 e. The fourth-order valence-electron chi connectivity index (χ4n) is 2.30. The number of nitrogens with zero attached hydrogens (tertiary/aromatic N) is 1. The average molecular weight is 345 g/mol. The minimum atomic E-state index is -5.06. The largest absolute Gasteiger partial charge is 0.463 e. The van der Waals surface area contributed by atoms with Crippen molar-refractivity contribution >= 4 is 5.91 Å². The summed E-state index contributed by atoms with van der Waals surface area (Å²) in [5.41, 5.74) is -1.35. The topological polar surface area (TPSA) is 91.1 Å². The second-order valence-corrected chi connectivity index (χ2v) is 5.63. The number of nitrogens with one attached hydrogen (secondary N) is 2. The van der Waals surface area contributed by atoms with Gasteiger partial charge in [-0.05, 0) is 32.9 Å². The molecule has 0 bridgehead atoms. The first kappa shape index (κ1) is 18.1. The molecule has 0 saturated carbocycles. The zero-order valence-corrected chi connectivity index (χ0v) is 13.4. The Bertz CT molecular complexity index is 716. The van der Waals surface area contributed by atoms with Gasteiger partial charge in [0.1, 0.15) is 11.5 Å². The monoisotopic (exact) mass is 345 g/mol. The van der Waals surface area contributed by atoms with Crippen LogP contribution in [0.15, 0.2) is 16.5 Å². The van der Waals surface area contributed by atoms with E-state index in [1.165, 1.54) is 13.0 Å². The van der Waals surface area contributed by atoms with Gasteiger partial charge >= 0.3 is 6.18 Å². The number of aryl methyl sites for hydroxylation is 3. The zero-order valence-electron chi connectivity index (χ0n) is 13.4. The summed E-state index contributed by atoms with van der Waals surface area (Å²) in [6.07, 6.45) is -6.25. The molecule has 0 fully saturated rings. The van der Waals surface area contributed by atoms with Gasteiger partial charge in [0.2, 0.25) is 11.5 Å². The van der Waals surface area contributed by atoms with Crippen molar-refractivity contribution in [3.05, 3.63) is 40.6 Å². The molecule has 0 radical (unpaired) electrons. The molecular formula is C15H18F3N3O3. The van der Waals surface area contributed by atoms with Gasteiger partial charge in [-0.25, -0.2) is 0 Å². The Hall–Kier alpha value is -2.29. The molecule has 24 heavy (non-hydrogen) atoms. The predicted octanol–water partition coefficient (Wildman–Crippen LogP) is 2.38. The number of amides is 1. The fourth-order valence-corrected chi connectivity index (χ4v) is 2.30. The van der Waals surface area contributed by atoms with Crippen LogP contribution >= 0.6 is 0 Å². The third kappa shape index (κ3) is 3.45. The molecule has 0 aliphatic rings. The Morgan fingerprint density at radius 1 is 1.33 bits per heavy atom. The highest BCUT2D eigenvalue weighted by Gasteiger charge is 2.58. The number of carbonyl (C=O) groups is 1. The quantitative estimate of drug-likeness (QED) is 0.776. The first-order chi connectivity index (χ1) is 11.0. The van der Waals surface area contributed by atoms with Crippen molar-refractivity contribution in [2.24, 2.45) is 0 Å². The Balaban J connectivity index is 2.14. The van der Waals surface area contributed by atoms with Crippen molar-refractivity contribution in [1.29, 1.82) is 0 Å². The van der Waals surface area contributed by atoms with Gasteiger partial charge in [0.15, 0.2) is 0 Å². The lowest BCUT2D eigenvalue weighted by Gasteiger charge is -2.28. The number of rotatable bonds is 5. The molecule has 3 N–H and O–H groups in total. The number of furan rings is 1. The van der Waals surface area contributed by atoms with E-state index in [-0.39, 0.29) is 12.3 Å². The number of aromatic amines is 1. The standard InChI is InChI=1S/C15H18F3N3O3/c1-8-4-5-12(24-8)14(23,15(16,17)18)6-13(22)19-7-11-9(2)20-21-10(11)3/h4-5,23H,6-7H2,1-3H3,(H,19,22)(H,20,21). The molecule has 2 heterocycles. The molecule has 9 heteroatoms. The summed E-state index contributed by atoms with van der Waals surface area (Å²) < 4.78 is 44.8. The highest BCUT2D eigenvalue weighted by Crippen LogP contribution is 2.42. The molecule has 1 amide bonds. The number of carbonyl (C=O) groups excluding carboxylic acids is 1. The Kier molecular flexibility index (Phi) is 4.75. The highest BCUT2D eigenvalue weighted by atomic mass is 19.4. The van der Waals surface area contributed by atoms with E-state index in [4.69, 9.17) is 4.42 Å². The maximum absolute atomic E-state index is 13.3. The molecule has 6 nitrogen and oxygen atoms in total. The van der Waals surface area contributed by atoms with Crippen molar-refractivity contribution < 1.29 is 27.5 Å². The van der Waals surface area contributed by atoms with Crippen molar-refractivity contribution in [2.45, 2.75) is 45.5 Å². The lowest BCUT2D eigenvalue weighted by atomic mass is 9.95. The van der Waals surface area contributed by atoms with Gasteiger partial charge in [0, 0.05) is 17.8 Å². The van der Waals surface area contributed by atoms with Crippen LogP contribution in [0.1, 0.15) is 34.9 Å². The lowest BCUT2D eigenvalue weighted by Crippen LogP contribution is -2.46. The van der Waals surface area contributed by atoms with E-state index in [9.17, 15) is 23.1 Å². The summed E-state index contributed by atoms with van der Waals surface area (Å²) in [5.74, 6) is -1.46. The average Bonchev–Trinajstić information content (AvgIpc) is 3.03. The van der Waals surface area contributed by atoms with E-state index in [0.29, 0.717) is 17.0 Å². The minimum absolute atomic E-state index is 0.0120. The van der Waals surface area contributed by atoms with Crippen molar-refractivity contribution in [3.63, 3.8) is 0 Å². The Labute approximate surface area is 136 Å². The molecule has 0 spiro atoms. The molecule has 2 aromatic heterocycles. The van der Waals surface area contributed by atoms with E-state index in [1.807, 2.05) is 0 Å². The molecule has 2 rings (SSSR count). The van der Waals surface area contributed by atoms with E-state index in [0.717, 1.165) is 6.07 Å². The van der Waals surface area contributed by atoms with Crippen LogP contribution in [0.3, 0.4) is 0 Å². The molecule has 0 aliphatic heterocycles. The number of aliphatic hydroxyl groups is 1. The summed E-state index contributed by atoms with van der Waals surface area (Å²) in [7, 11) is 0. The van der Waals surface area contributed by atoms with Crippen LogP contribution in [0.4, 0.5) is 13.2 Å². The van der Waals surface area contributed by atoms with Gasteiger partial charge in [-0.2, -0.15) is 18.3 Å². The number of hydrogen-bond donors (Lipinski definition) is 3. The maximum atomic E-state index is 13.3. The van der Waals surface area contributed by atoms with Crippen LogP contribution in [0.25, 0.3) is 0 Å². The number of H-pyrrole nitrogens is 1. The van der Waals surface area contributed by atoms with E-state index >= 15 is 0 Å². The smallest absolute Gasteiger partial charge is 0.425 e. The van der Waals surface area contributed by atoms with E-state index in [2.05, 4.69) is 15.5 Å². The third-order valence-electron chi connectivity index (χ3n) is 3.78. The van der Waals surface area contributed by atoms with Crippen molar-refractivity contribution in [2.75, 3.05) is 0 Å². The summed E-state index contributed by atoms with van der Waals surface area (Å²) in [6.45, 7) is 4.91.